The number of amides is 1. The molecule has 0 atom stereocenters. The zero-order chi connectivity index (χ0) is 22.7. The highest BCUT2D eigenvalue weighted by atomic mass is 16.5. The molecule has 1 amide bonds. The molecule has 0 bridgehead atoms. The molecule has 1 aliphatic rings. The first-order valence-corrected chi connectivity index (χ1v) is 11.2. The van der Waals surface area contributed by atoms with Crippen molar-refractivity contribution in [3.05, 3.63) is 59.4 Å². The van der Waals surface area contributed by atoms with Gasteiger partial charge in [0.05, 0.1) is 12.8 Å². The number of carbonyl (C=O) groups excluding carboxylic acids is 1. The maximum atomic E-state index is 13.0. The summed E-state index contributed by atoms with van der Waals surface area (Å²) < 4.78 is 7.16. The van der Waals surface area contributed by atoms with E-state index in [1.54, 1.807) is 13.3 Å². The number of pyridine rings is 1. The Morgan fingerprint density at radius 2 is 1.81 bits per heavy atom. The van der Waals surface area contributed by atoms with E-state index in [1.165, 1.54) is 11.1 Å². The summed E-state index contributed by atoms with van der Waals surface area (Å²) in [5.41, 5.74) is 5.60. The molecular weight excluding hydrogens is 402 g/mol. The minimum absolute atomic E-state index is 0.104. The van der Waals surface area contributed by atoms with Crippen LogP contribution in [0.15, 0.2) is 42.6 Å². The lowest BCUT2D eigenvalue weighted by Gasteiger charge is -2.35. The topological polar surface area (TPSA) is 63.5 Å². The number of rotatable bonds is 6. The molecule has 1 fully saturated rings. The number of aromatic nitrogens is 3. The van der Waals surface area contributed by atoms with Crippen molar-refractivity contribution in [1.29, 1.82) is 0 Å². The van der Waals surface area contributed by atoms with Crippen LogP contribution < -0.4 is 9.64 Å². The van der Waals surface area contributed by atoms with Crippen molar-refractivity contribution in [2.24, 2.45) is 0 Å². The van der Waals surface area contributed by atoms with Crippen molar-refractivity contribution in [2.75, 3.05) is 38.2 Å². The predicted molar refractivity (Wildman–Crippen MR) is 126 cm³/mol. The number of carbonyl (C=O) groups is 1. The fourth-order valence-electron chi connectivity index (χ4n) is 4.03. The van der Waals surface area contributed by atoms with Crippen molar-refractivity contribution in [3.63, 3.8) is 0 Å². The Labute approximate surface area is 189 Å². The fraction of sp³-hybridized carbons (Fsp3) is 0.400. The maximum Gasteiger partial charge on any atom is 0.244 e. The van der Waals surface area contributed by atoms with Crippen LogP contribution in [0.5, 0.6) is 5.75 Å². The van der Waals surface area contributed by atoms with Crippen LogP contribution in [-0.2, 0) is 17.8 Å². The van der Waals surface area contributed by atoms with E-state index in [0.29, 0.717) is 13.1 Å². The molecule has 7 nitrogen and oxygen atoms in total. The summed E-state index contributed by atoms with van der Waals surface area (Å²) in [6.45, 7) is 9.43. The molecule has 1 saturated heterocycles. The Kier molecular flexibility index (Phi) is 6.44. The van der Waals surface area contributed by atoms with E-state index >= 15 is 0 Å². The summed E-state index contributed by atoms with van der Waals surface area (Å²) in [4.78, 5) is 21.6. The second-order valence-electron chi connectivity index (χ2n) is 8.25. The number of nitrogens with zero attached hydrogens (tertiary/aromatic N) is 5. The Bertz CT molecular complexity index is 1100. The molecule has 0 saturated carbocycles. The first kappa shape index (κ1) is 21.9. The van der Waals surface area contributed by atoms with Crippen molar-refractivity contribution in [2.45, 2.75) is 33.7 Å². The van der Waals surface area contributed by atoms with E-state index in [9.17, 15) is 4.79 Å². The van der Waals surface area contributed by atoms with Crippen LogP contribution in [0.2, 0.25) is 0 Å². The summed E-state index contributed by atoms with van der Waals surface area (Å²) in [5, 5.41) is 4.77. The molecule has 7 heteroatoms. The average Bonchev–Trinajstić information content (AvgIpc) is 3.23. The number of piperazine rings is 1. The smallest absolute Gasteiger partial charge is 0.244 e. The monoisotopic (exact) mass is 433 g/mol. The molecule has 0 N–H and O–H groups in total. The number of methoxy groups -OCH3 is 1. The van der Waals surface area contributed by atoms with Crippen LogP contribution >= 0.6 is 0 Å². The summed E-state index contributed by atoms with van der Waals surface area (Å²) in [6.07, 6.45) is 2.59. The van der Waals surface area contributed by atoms with Crippen molar-refractivity contribution in [1.82, 2.24) is 19.7 Å². The van der Waals surface area contributed by atoms with Crippen LogP contribution in [0.3, 0.4) is 0 Å². The van der Waals surface area contributed by atoms with E-state index < -0.39 is 0 Å². The second kappa shape index (κ2) is 9.42. The zero-order valence-electron chi connectivity index (χ0n) is 19.3. The van der Waals surface area contributed by atoms with Crippen LogP contribution in [0.4, 0.5) is 5.82 Å². The summed E-state index contributed by atoms with van der Waals surface area (Å²) in [6, 6.07) is 12.3. The molecule has 0 radical (unpaired) electrons. The van der Waals surface area contributed by atoms with E-state index in [0.717, 1.165) is 48.0 Å². The van der Waals surface area contributed by atoms with Gasteiger partial charge in [-0.15, -0.1) is 0 Å². The number of anilines is 1. The van der Waals surface area contributed by atoms with Gasteiger partial charge in [-0.3, -0.25) is 9.48 Å². The number of ether oxygens (including phenoxy) is 1. The van der Waals surface area contributed by atoms with Crippen molar-refractivity contribution in [3.8, 4) is 17.0 Å². The molecule has 0 aliphatic carbocycles. The average molecular weight is 434 g/mol. The van der Waals surface area contributed by atoms with Gasteiger partial charge in [-0.05, 0) is 49.6 Å². The highest BCUT2D eigenvalue weighted by Gasteiger charge is 2.23. The molecule has 2 aromatic heterocycles. The minimum atomic E-state index is 0.104. The van der Waals surface area contributed by atoms with Crippen LogP contribution in [0.25, 0.3) is 11.3 Å². The molecule has 0 unspecified atom stereocenters. The SMILES string of the molecule is CCc1cc(-c2ccc(C)c(C)c2)nn1CC(=O)N1CCN(c2cc(OC)ccn2)CC1. The van der Waals surface area contributed by atoms with Crippen LogP contribution in [-0.4, -0.2) is 58.9 Å². The summed E-state index contributed by atoms with van der Waals surface area (Å²) in [7, 11) is 1.65. The minimum Gasteiger partial charge on any atom is -0.497 e. The second-order valence-corrected chi connectivity index (χ2v) is 8.25. The molecular formula is C25H31N5O2. The van der Waals surface area contributed by atoms with Gasteiger partial charge in [-0.2, -0.15) is 5.10 Å². The predicted octanol–water partition coefficient (Wildman–Crippen LogP) is 3.48. The van der Waals surface area contributed by atoms with Crippen LogP contribution in [0.1, 0.15) is 23.7 Å². The number of aryl methyl sites for hydroxylation is 3. The van der Waals surface area contributed by atoms with Gasteiger partial charge in [0.1, 0.15) is 18.1 Å². The third-order valence-electron chi connectivity index (χ3n) is 6.22. The van der Waals surface area contributed by atoms with Crippen molar-refractivity contribution < 1.29 is 9.53 Å². The lowest BCUT2D eigenvalue weighted by Crippen LogP contribution is -2.50. The third kappa shape index (κ3) is 4.61. The highest BCUT2D eigenvalue weighted by Crippen LogP contribution is 2.23. The number of hydrogen-bond acceptors (Lipinski definition) is 5. The standard InChI is InChI=1S/C25H31N5O2/c1-5-21-15-23(20-7-6-18(2)19(3)14-20)27-30(21)17-25(31)29-12-10-28(11-13-29)24-16-22(32-4)8-9-26-24/h6-9,14-16H,5,10-13,17H2,1-4H3. The molecule has 3 heterocycles. The maximum absolute atomic E-state index is 13.0. The van der Waals surface area contributed by atoms with Gasteiger partial charge in [0, 0.05) is 49.7 Å². The summed E-state index contributed by atoms with van der Waals surface area (Å²) >= 11 is 0. The van der Waals surface area contributed by atoms with Gasteiger partial charge in [0.25, 0.3) is 0 Å². The number of benzene rings is 1. The fourth-order valence-corrected chi connectivity index (χ4v) is 4.03. The lowest BCUT2D eigenvalue weighted by molar-refractivity contribution is -0.132. The Balaban J connectivity index is 1.42. The zero-order valence-corrected chi connectivity index (χ0v) is 19.3. The van der Waals surface area contributed by atoms with E-state index in [1.807, 2.05) is 21.7 Å². The largest absolute Gasteiger partial charge is 0.497 e. The van der Waals surface area contributed by atoms with Gasteiger partial charge >= 0.3 is 0 Å². The van der Waals surface area contributed by atoms with E-state index in [-0.39, 0.29) is 12.5 Å². The molecule has 32 heavy (non-hydrogen) atoms. The first-order valence-electron chi connectivity index (χ1n) is 11.2. The molecule has 1 aliphatic heterocycles. The van der Waals surface area contributed by atoms with E-state index in [2.05, 4.69) is 54.9 Å². The molecule has 3 aromatic rings. The first-order chi connectivity index (χ1) is 15.5. The Morgan fingerprint density at radius 3 is 2.50 bits per heavy atom. The Hall–Kier alpha value is -3.35. The quantitative estimate of drug-likeness (QED) is 0.596. The highest BCUT2D eigenvalue weighted by molar-refractivity contribution is 5.76. The molecule has 168 valence electrons. The van der Waals surface area contributed by atoms with E-state index in [4.69, 9.17) is 9.84 Å². The van der Waals surface area contributed by atoms with Crippen molar-refractivity contribution >= 4 is 11.7 Å². The van der Waals surface area contributed by atoms with Gasteiger partial charge in [-0.1, -0.05) is 19.1 Å². The molecule has 0 spiro atoms. The van der Waals surface area contributed by atoms with Gasteiger partial charge in [-0.25, -0.2) is 4.98 Å². The number of hydrogen-bond donors (Lipinski definition) is 0. The van der Waals surface area contributed by atoms with Gasteiger partial charge in [0.15, 0.2) is 0 Å². The van der Waals surface area contributed by atoms with Gasteiger partial charge < -0.3 is 14.5 Å². The Morgan fingerprint density at radius 1 is 1.03 bits per heavy atom. The summed E-state index contributed by atoms with van der Waals surface area (Å²) in [5.74, 6) is 1.78. The third-order valence-corrected chi connectivity index (χ3v) is 6.22. The van der Waals surface area contributed by atoms with Gasteiger partial charge in [0.2, 0.25) is 5.91 Å². The lowest BCUT2D eigenvalue weighted by atomic mass is 10.0. The normalized spacial score (nSPS) is 14.0. The molecule has 4 rings (SSSR count). The molecule has 1 aromatic carbocycles. The van der Waals surface area contributed by atoms with Crippen LogP contribution in [0, 0.1) is 13.8 Å².